The van der Waals surface area contributed by atoms with E-state index in [1.165, 1.54) is 5.69 Å². The maximum absolute atomic E-state index is 5.53. The Bertz CT molecular complexity index is 945. The number of halogens is 2. The lowest BCUT2D eigenvalue weighted by Gasteiger charge is -2.37. The quantitative estimate of drug-likeness (QED) is 0.610. The average Bonchev–Trinajstić information content (AvgIpc) is 2.79. The van der Waals surface area contributed by atoms with Crippen molar-refractivity contribution in [1.29, 1.82) is 0 Å². The smallest absolute Gasteiger partial charge is 0.228 e. The zero-order valence-electron chi connectivity index (χ0n) is 16.8. The van der Waals surface area contributed by atoms with Gasteiger partial charge in [-0.1, -0.05) is 30.3 Å². The summed E-state index contributed by atoms with van der Waals surface area (Å²) in [5.74, 6) is 1.88. The number of rotatable bonds is 3. The van der Waals surface area contributed by atoms with Crippen LogP contribution in [-0.2, 0) is 4.74 Å². The molecule has 0 amide bonds. The van der Waals surface area contributed by atoms with Crippen molar-refractivity contribution in [3.8, 4) is 0 Å². The minimum absolute atomic E-state index is 0. The number of ether oxygens (including phenoxy) is 1. The first-order valence-corrected chi connectivity index (χ1v) is 10.0. The molecule has 2 aliphatic heterocycles. The minimum Gasteiger partial charge on any atom is -0.378 e. The van der Waals surface area contributed by atoms with E-state index in [2.05, 4.69) is 69.3 Å². The summed E-state index contributed by atoms with van der Waals surface area (Å²) in [5, 5.41) is 1.12. The number of hydrogen-bond acceptors (Lipinski definition) is 6. The second-order valence-electron chi connectivity index (χ2n) is 7.27. The third kappa shape index (κ3) is 4.56. The molecule has 5 rings (SSSR count). The molecule has 0 bridgehead atoms. The number of anilines is 3. The fraction of sp³-hybridized carbons (Fsp3) is 0.364. The largest absolute Gasteiger partial charge is 0.378 e. The SMILES string of the molecule is Cl.Cl.c1ccc(N2CCN(c3nc(N4CCOCC4)c4ccccc4n3)CC2)cc1. The van der Waals surface area contributed by atoms with E-state index in [-0.39, 0.29) is 24.8 Å². The van der Waals surface area contributed by atoms with Gasteiger partial charge in [-0.05, 0) is 24.3 Å². The Labute approximate surface area is 189 Å². The monoisotopic (exact) mass is 447 g/mol. The summed E-state index contributed by atoms with van der Waals surface area (Å²) in [5.41, 5.74) is 2.30. The average molecular weight is 448 g/mol. The molecule has 8 heteroatoms. The molecule has 0 saturated carbocycles. The molecule has 3 aromatic rings. The third-order valence-electron chi connectivity index (χ3n) is 5.57. The van der Waals surface area contributed by atoms with E-state index in [0.29, 0.717) is 0 Å². The molecule has 1 aromatic heterocycles. The molecule has 2 saturated heterocycles. The van der Waals surface area contributed by atoms with Crippen LogP contribution in [0.25, 0.3) is 10.9 Å². The van der Waals surface area contributed by atoms with E-state index < -0.39 is 0 Å². The summed E-state index contributed by atoms with van der Waals surface area (Å²) in [4.78, 5) is 17.0. The predicted molar refractivity (Wildman–Crippen MR) is 128 cm³/mol. The first-order chi connectivity index (χ1) is 13.9. The predicted octanol–water partition coefficient (Wildman–Crippen LogP) is 3.64. The van der Waals surface area contributed by atoms with Crippen LogP contribution in [-0.4, -0.2) is 62.5 Å². The van der Waals surface area contributed by atoms with Crippen molar-refractivity contribution in [2.45, 2.75) is 0 Å². The standard InChI is InChI=1S/C22H25N5O.2ClH/c1-2-6-18(7-3-1)25-10-12-27(13-11-25)22-23-20-9-5-4-8-19(20)21(24-22)26-14-16-28-17-15-26;;/h1-9H,10-17H2;2*1H. The lowest BCUT2D eigenvalue weighted by molar-refractivity contribution is 0.122. The van der Waals surface area contributed by atoms with Gasteiger partial charge in [0.25, 0.3) is 0 Å². The molecule has 2 fully saturated rings. The molecule has 0 unspecified atom stereocenters. The van der Waals surface area contributed by atoms with Crippen molar-refractivity contribution < 1.29 is 4.74 Å². The number of benzene rings is 2. The van der Waals surface area contributed by atoms with Crippen LogP contribution in [0.15, 0.2) is 54.6 Å². The van der Waals surface area contributed by atoms with Gasteiger partial charge < -0.3 is 19.4 Å². The van der Waals surface area contributed by atoms with Crippen LogP contribution in [0.2, 0.25) is 0 Å². The molecular formula is C22H27Cl2N5O. The molecule has 0 atom stereocenters. The van der Waals surface area contributed by atoms with E-state index >= 15 is 0 Å². The van der Waals surface area contributed by atoms with Gasteiger partial charge in [0, 0.05) is 50.3 Å². The Hall–Kier alpha value is -2.28. The summed E-state index contributed by atoms with van der Waals surface area (Å²) in [6.45, 7) is 7.07. The molecule has 0 spiro atoms. The Morgan fingerprint density at radius 3 is 2.00 bits per heavy atom. The number of fused-ring (bicyclic) bond motifs is 1. The molecule has 0 N–H and O–H groups in total. The number of nitrogens with zero attached hydrogens (tertiary/aromatic N) is 5. The van der Waals surface area contributed by atoms with E-state index in [9.17, 15) is 0 Å². The first-order valence-electron chi connectivity index (χ1n) is 10.0. The highest BCUT2D eigenvalue weighted by molar-refractivity contribution is 5.90. The van der Waals surface area contributed by atoms with Crippen molar-refractivity contribution >= 4 is 53.2 Å². The Morgan fingerprint density at radius 1 is 0.633 bits per heavy atom. The van der Waals surface area contributed by atoms with E-state index in [1.807, 2.05) is 0 Å². The molecule has 160 valence electrons. The molecule has 30 heavy (non-hydrogen) atoms. The normalized spacial score (nSPS) is 16.7. The second-order valence-corrected chi connectivity index (χ2v) is 7.27. The highest BCUT2D eigenvalue weighted by atomic mass is 35.5. The van der Waals surface area contributed by atoms with Gasteiger partial charge in [0.1, 0.15) is 5.82 Å². The Morgan fingerprint density at radius 2 is 1.27 bits per heavy atom. The van der Waals surface area contributed by atoms with Gasteiger partial charge in [0.15, 0.2) is 0 Å². The van der Waals surface area contributed by atoms with Crippen molar-refractivity contribution in [3.05, 3.63) is 54.6 Å². The summed E-state index contributed by atoms with van der Waals surface area (Å²) in [6.07, 6.45) is 0. The van der Waals surface area contributed by atoms with Gasteiger partial charge in [-0.2, -0.15) is 4.98 Å². The summed E-state index contributed by atoms with van der Waals surface area (Å²) >= 11 is 0. The molecule has 0 radical (unpaired) electrons. The zero-order chi connectivity index (χ0) is 18.8. The van der Waals surface area contributed by atoms with Gasteiger partial charge in [-0.25, -0.2) is 4.98 Å². The van der Waals surface area contributed by atoms with Crippen LogP contribution in [0, 0.1) is 0 Å². The molecule has 0 aliphatic carbocycles. The summed E-state index contributed by atoms with van der Waals surface area (Å²) in [6, 6.07) is 18.9. The minimum atomic E-state index is 0. The lowest BCUT2D eigenvalue weighted by atomic mass is 10.2. The Balaban J connectivity index is 0.00000128. The number of piperazine rings is 1. The molecule has 3 heterocycles. The molecule has 2 aliphatic rings. The van der Waals surface area contributed by atoms with Gasteiger partial charge in [0.2, 0.25) is 5.95 Å². The fourth-order valence-corrected chi connectivity index (χ4v) is 4.01. The first kappa shape index (κ1) is 22.4. The lowest BCUT2D eigenvalue weighted by Crippen LogP contribution is -2.47. The van der Waals surface area contributed by atoms with Crippen LogP contribution in [0.1, 0.15) is 0 Å². The van der Waals surface area contributed by atoms with Crippen molar-refractivity contribution in [2.75, 3.05) is 67.2 Å². The van der Waals surface area contributed by atoms with Crippen molar-refractivity contribution in [2.24, 2.45) is 0 Å². The second kappa shape index (κ2) is 10.2. The highest BCUT2D eigenvalue weighted by Gasteiger charge is 2.22. The van der Waals surface area contributed by atoms with Gasteiger partial charge in [0.05, 0.1) is 18.7 Å². The molecular weight excluding hydrogens is 421 g/mol. The van der Waals surface area contributed by atoms with Crippen LogP contribution in [0.4, 0.5) is 17.5 Å². The topological polar surface area (TPSA) is 44.7 Å². The van der Waals surface area contributed by atoms with Crippen molar-refractivity contribution in [1.82, 2.24) is 9.97 Å². The fourth-order valence-electron chi connectivity index (χ4n) is 4.01. The third-order valence-corrected chi connectivity index (χ3v) is 5.57. The van der Waals surface area contributed by atoms with Crippen LogP contribution in [0.3, 0.4) is 0 Å². The van der Waals surface area contributed by atoms with Gasteiger partial charge in [-0.15, -0.1) is 24.8 Å². The van der Waals surface area contributed by atoms with E-state index in [1.54, 1.807) is 0 Å². The number of morpholine rings is 1. The van der Waals surface area contributed by atoms with Crippen LogP contribution < -0.4 is 14.7 Å². The van der Waals surface area contributed by atoms with Crippen LogP contribution in [0.5, 0.6) is 0 Å². The highest BCUT2D eigenvalue weighted by Crippen LogP contribution is 2.28. The van der Waals surface area contributed by atoms with E-state index in [0.717, 1.165) is 75.2 Å². The number of hydrogen-bond donors (Lipinski definition) is 0. The number of aromatic nitrogens is 2. The van der Waals surface area contributed by atoms with E-state index in [4.69, 9.17) is 14.7 Å². The molecule has 6 nitrogen and oxygen atoms in total. The maximum Gasteiger partial charge on any atom is 0.228 e. The van der Waals surface area contributed by atoms with Gasteiger partial charge >= 0.3 is 0 Å². The molecule has 2 aromatic carbocycles. The zero-order valence-corrected chi connectivity index (χ0v) is 18.4. The van der Waals surface area contributed by atoms with Crippen LogP contribution >= 0.6 is 24.8 Å². The summed E-state index contributed by atoms with van der Waals surface area (Å²) < 4.78 is 5.53. The Kier molecular flexibility index (Phi) is 7.58. The van der Waals surface area contributed by atoms with Gasteiger partial charge in [-0.3, -0.25) is 0 Å². The number of para-hydroxylation sites is 2. The maximum atomic E-state index is 5.53. The summed E-state index contributed by atoms with van der Waals surface area (Å²) in [7, 11) is 0. The van der Waals surface area contributed by atoms with Crippen molar-refractivity contribution in [3.63, 3.8) is 0 Å².